The van der Waals surface area contributed by atoms with E-state index in [1.807, 2.05) is 6.07 Å². The largest absolute Gasteiger partial charge is 0.333 e. The predicted molar refractivity (Wildman–Crippen MR) is 50.5 cm³/mol. The van der Waals surface area contributed by atoms with Crippen molar-refractivity contribution in [3.05, 3.63) is 23.8 Å². The molecule has 0 unspecified atom stereocenters. The Kier molecular flexibility index (Phi) is 1.87. The van der Waals surface area contributed by atoms with Gasteiger partial charge in [-0.05, 0) is 18.2 Å². The molecule has 1 heterocycles. The standard InChI is InChI=1S/C8H5N3O3S/c9-4-5-1-2-6-7(3-5)15(13,14)11-8(12)10-6/h1-3H,(H2,10,11,12). The first kappa shape index (κ1) is 9.48. The average Bonchev–Trinajstić information content (AvgIpc) is 2.16. The van der Waals surface area contributed by atoms with Crippen LogP contribution in [0.4, 0.5) is 10.5 Å². The quantitative estimate of drug-likeness (QED) is 0.664. The maximum absolute atomic E-state index is 11.5. The van der Waals surface area contributed by atoms with Crippen molar-refractivity contribution in [1.82, 2.24) is 4.72 Å². The van der Waals surface area contributed by atoms with Crippen molar-refractivity contribution in [2.24, 2.45) is 0 Å². The molecule has 1 aromatic carbocycles. The van der Waals surface area contributed by atoms with E-state index in [1.54, 1.807) is 4.72 Å². The van der Waals surface area contributed by atoms with Gasteiger partial charge < -0.3 is 5.32 Å². The number of fused-ring (bicyclic) bond motifs is 1. The third-order valence-corrected chi connectivity index (χ3v) is 3.25. The molecule has 6 nitrogen and oxygen atoms in total. The molecule has 0 spiro atoms. The number of rotatable bonds is 0. The Labute approximate surface area is 85.6 Å². The topological polar surface area (TPSA) is 99.1 Å². The number of nitrogens with zero attached hydrogens (tertiary/aromatic N) is 1. The van der Waals surface area contributed by atoms with Crippen molar-refractivity contribution in [2.75, 3.05) is 5.32 Å². The molecule has 0 aromatic heterocycles. The Morgan fingerprint density at radius 3 is 2.73 bits per heavy atom. The summed E-state index contributed by atoms with van der Waals surface area (Å²) in [6.45, 7) is 0. The second-order valence-electron chi connectivity index (χ2n) is 2.88. The number of carbonyl (C=O) groups excluding carboxylic acids is 1. The molecule has 0 radical (unpaired) electrons. The number of anilines is 1. The molecule has 0 bridgehead atoms. The van der Waals surface area contributed by atoms with E-state index in [1.165, 1.54) is 18.2 Å². The van der Waals surface area contributed by atoms with Gasteiger partial charge in [-0.25, -0.2) is 17.9 Å². The molecule has 0 aliphatic carbocycles. The van der Waals surface area contributed by atoms with Gasteiger partial charge in [0.25, 0.3) is 10.0 Å². The highest BCUT2D eigenvalue weighted by Crippen LogP contribution is 2.25. The highest BCUT2D eigenvalue weighted by Gasteiger charge is 2.27. The van der Waals surface area contributed by atoms with Crippen molar-refractivity contribution in [3.8, 4) is 6.07 Å². The third kappa shape index (κ3) is 1.51. The SMILES string of the molecule is N#Cc1ccc2c(c1)S(=O)(=O)NC(=O)N2. The van der Waals surface area contributed by atoms with Crippen LogP contribution in [-0.2, 0) is 10.0 Å². The zero-order valence-corrected chi connectivity index (χ0v) is 8.13. The molecule has 76 valence electrons. The van der Waals surface area contributed by atoms with Crippen LogP contribution in [0.1, 0.15) is 5.56 Å². The van der Waals surface area contributed by atoms with Crippen LogP contribution in [0.3, 0.4) is 0 Å². The van der Waals surface area contributed by atoms with Crippen LogP contribution in [0.2, 0.25) is 0 Å². The van der Waals surface area contributed by atoms with Crippen molar-refractivity contribution in [2.45, 2.75) is 4.90 Å². The molecule has 0 saturated carbocycles. The fraction of sp³-hybridized carbons (Fsp3) is 0. The Balaban J connectivity index is 2.70. The first-order valence-electron chi connectivity index (χ1n) is 3.91. The highest BCUT2D eigenvalue weighted by atomic mass is 32.2. The summed E-state index contributed by atoms with van der Waals surface area (Å²) in [6, 6.07) is 5.04. The van der Waals surface area contributed by atoms with E-state index in [2.05, 4.69) is 5.32 Å². The van der Waals surface area contributed by atoms with Gasteiger partial charge >= 0.3 is 6.03 Å². The lowest BCUT2D eigenvalue weighted by Gasteiger charge is -2.17. The van der Waals surface area contributed by atoms with Crippen LogP contribution < -0.4 is 10.0 Å². The van der Waals surface area contributed by atoms with Gasteiger partial charge in [0.1, 0.15) is 4.90 Å². The van der Waals surface area contributed by atoms with E-state index in [0.29, 0.717) is 0 Å². The minimum atomic E-state index is -3.84. The number of nitrogens with one attached hydrogen (secondary N) is 2. The molecule has 2 N–H and O–H groups in total. The lowest BCUT2D eigenvalue weighted by molar-refractivity contribution is 0.256. The molecule has 1 aromatic rings. The summed E-state index contributed by atoms with van der Waals surface area (Å²) in [7, 11) is -3.84. The number of hydrogen-bond donors (Lipinski definition) is 2. The van der Waals surface area contributed by atoms with Crippen LogP contribution in [0, 0.1) is 11.3 Å². The van der Waals surface area contributed by atoms with Crippen LogP contribution in [0.5, 0.6) is 0 Å². The summed E-state index contributed by atoms with van der Waals surface area (Å²) < 4.78 is 24.7. The summed E-state index contributed by atoms with van der Waals surface area (Å²) >= 11 is 0. The van der Waals surface area contributed by atoms with Crippen molar-refractivity contribution < 1.29 is 13.2 Å². The maximum atomic E-state index is 11.5. The van der Waals surface area contributed by atoms with Gasteiger partial charge in [-0.3, -0.25) is 0 Å². The average molecular weight is 223 g/mol. The molecule has 15 heavy (non-hydrogen) atoms. The van der Waals surface area contributed by atoms with Gasteiger partial charge in [-0.1, -0.05) is 0 Å². The van der Waals surface area contributed by atoms with Crippen molar-refractivity contribution in [1.29, 1.82) is 5.26 Å². The first-order valence-corrected chi connectivity index (χ1v) is 5.39. The van der Waals surface area contributed by atoms with Crippen LogP contribution in [0.15, 0.2) is 23.1 Å². The number of sulfonamides is 1. The van der Waals surface area contributed by atoms with Crippen LogP contribution in [-0.4, -0.2) is 14.4 Å². The predicted octanol–water partition coefficient (Wildman–Crippen LogP) is 0.382. The molecule has 7 heteroatoms. The minimum absolute atomic E-state index is 0.0962. The molecule has 0 saturated heterocycles. The number of benzene rings is 1. The van der Waals surface area contributed by atoms with Gasteiger partial charge in [-0.2, -0.15) is 5.26 Å². The number of urea groups is 1. The normalized spacial score (nSPS) is 16.9. The molecule has 0 fully saturated rings. The summed E-state index contributed by atoms with van der Waals surface area (Å²) in [5.74, 6) is 0. The van der Waals surface area contributed by atoms with E-state index in [0.717, 1.165) is 0 Å². The van der Waals surface area contributed by atoms with Crippen molar-refractivity contribution >= 4 is 21.7 Å². The van der Waals surface area contributed by atoms with E-state index < -0.39 is 16.1 Å². The molecule has 0 atom stereocenters. The second-order valence-corrected chi connectivity index (χ2v) is 4.53. The Morgan fingerprint density at radius 2 is 2.07 bits per heavy atom. The summed E-state index contributed by atoms with van der Waals surface area (Å²) in [4.78, 5) is 10.8. The first-order chi connectivity index (χ1) is 7.03. The van der Waals surface area contributed by atoms with Gasteiger partial charge in [-0.15, -0.1) is 0 Å². The Hall–Kier alpha value is -2.07. The monoisotopic (exact) mass is 223 g/mol. The molecular weight excluding hydrogens is 218 g/mol. The molecule has 2 rings (SSSR count). The van der Waals surface area contributed by atoms with Gasteiger partial charge in [0.2, 0.25) is 0 Å². The summed E-state index contributed by atoms with van der Waals surface area (Å²) in [5, 5.41) is 10.9. The fourth-order valence-electron chi connectivity index (χ4n) is 1.24. The zero-order chi connectivity index (χ0) is 11.1. The number of carbonyl (C=O) groups is 1. The molecule has 1 aliphatic heterocycles. The minimum Gasteiger partial charge on any atom is -0.306 e. The van der Waals surface area contributed by atoms with E-state index >= 15 is 0 Å². The number of hydrogen-bond acceptors (Lipinski definition) is 4. The summed E-state index contributed by atoms with van der Waals surface area (Å²) in [6.07, 6.45) is 0. The van der Waals surface area contributed by atoms with Gasteiger partial charge in [0.15, 0.2) is 0 Å². The molecule has 1 aliphatic rings. The Morgan fingerprint density at radius 1 is 1.33 bits per heavy atom. The molecule has 2 amide bonds. The van der Waals surface area contributed by atoms with E-state index in [9.17, 15) is 13.2 Å². The molecular formula is C8H5N3O3S. The van der Waals surface area contributed by atoms with Crippen LogP contribution >= 0.6 is 0 Å². The fourth-order valence-corrected chi connectivity index (χ4v) is 2.34. The number of amides is 2. The lowest BCUT2D eigenvalue weighted by Crippen LogP contribution is -2.39. The maximum Gasteiger partial charge on any atom is 0.333 e. The number of nitriles is 1. The smallest absolute Gasteiger partial charge is 0.306 e. The van der Waals surface area contributed by atoms with Crippen molar-refractivity contribution in [3.63, 3.8) is 0 Å². The van der Waals surface area contributed by atoms with Gasteiger partial charge in [0.05, 0.1) is 17.3 Å². The van der Waals surface area contributed by atoms with Gasteiger partial charge in [0, 0.05) is 0 Å². The highest BCUT2D eigenvalue weighted by molar-refractivity contribution is 7.90. The van der Waals surface area contributed by atoms with E-state index in [-0.39, 0.29) is 16.1 Å². The second kappa shape index (κ2) is 2.96. The zero-order valence-electron chi connectivity index (χ0n) is 7.31. The Bertz CT molecular complexity index is 586. The summed E-state index contributed by atoms with van der Waals surface area (Å²) in [5.41, 5.74) is 0.396. The third-order valence-electron chi connectivity index (χ3n) is 1.88. The van der Waals surface area contributed by atoms with Crippen LogP contribution in [0.25, 0.3) is 0 Å². The lowest BCUT2D eigenvalue weighted by atomic mass is 10.2. The van der Waals surface area contributed by atoms with E-state index in [4.69, 9.17) is 5.26 Å².